The van der Waals surface area contributed by atoms with Gasteiger partial charge in [0.2, 0.25) is 0 Å². The summed E-state index contributed by atoms with van der Waals surface area (Å²) in [5, 5.41) is 7.58. The molecule has 0 fully saturated rings. The topological polar surface area (TPSA) is 69.0 Å². The molecule has 0 saturated carbocycles. The number of nitrogens with one attached hydrogen (secondary N) is 1. The Labute approximate surface area is 175 Å². The lowest BCUT2D eigenvalue weighted by atomic mass is 10.1. The summed E-state index contributed by atoms with van der Waals surface area (Å²) in [4.78, 5) is 17.4. The van der Waals surface area contributed by atoms with Gasteiger partial charge in [-0.15, -0.1) is 0 Å². The average molecular weight is 398 g/mol. The van der Waals surface area contributed by atoms with E-state index in [4.69, 9.17) is 9.84 Å². The predicted molar refractivity (Wildman–Crippen MR) is 117 cm³/mol. The van der Waals surface area contributed by atoms with E-state index in [0.717, 1.165) is 22.4 Å². The van der Waals surface area contributed by atoms with Crippen LogP contribution in [0.5, 0.6) is 5.75 Å². The molecule has 2 aromatic heterocycles. The highest BCUT2D eigenvalue weighted by Gasteiger charge is 2.19. The van der Waals surface area contributed by atoms with Crippen LogP contribution in [0.1, 0.15) is 21.5 Å². The Morgan fingerprint density at radius 2 is 1.77 bits per heavy atom. The van der Waals surface area contributed by atoms with E-state index in [1.807, 2.05) is 68.4 Å². The van der Waals surface area contributed by atoms with Crippen LogP contribution in [0.15, 0.2) is 73.1 Å². The molecule has 4 rings (SSSR count). The summed E-state index contributed by atoms with van der Waals surface area (Å²) in [5.41, 5.74) is 4.87. The second-order valence-electron chi connectivity index (χ2n) is 7.08. The molecular formula is C24H22N4O2. The molecule has 1 amide bonds. The first kappa shape index (κ1) is 19.4. The van der Waals surface area contributed by atoms with Crippen LogP contribution in [-0.2, 0) is 0 Å². The fraction of sp³-hybridized carbons (Fsp3) is 0.125. The van der Waals surface area contributed by atoms with Gasteiger partial charge in [0.05, 0.1) is 18.4 Å². The number of aryl methyl sites for hydroxylation is 2. The first-order valence-corrected chi connectivity index (χ1v) is 9.58. The van der Waals surface area contributed by atoms with Gasteiger partial charge in [0.1, 0.15) is 17.3 Å². The van der Waals surface area contributed by atoms with Crippen LogP contribution in [0.2, 0.25) is 0 Å². The first-order valence-electron chi connectivity index (χ1n) is 9.58. The molecule has 0 aliphatic rings. The van der Waals surface area contributed by atoms with Crippen molar-refractivity contribution < 1.29 is 9.53 Å². The van der Waals surface area contributed by atoms with Gasteiger partial charge in [0, 0.05) is 18.0 Å². The SMILES string of the molecule is COc1cccc(-c2nn(-c3ccc(C)cc3)cc2C(=O)Nc2ccc(C)cn2)c1. The largest absolute Gasteiger partial charge is 0.497 e. The standard InChI is InChI=1S/C24H22N4O2/c1-16-7-10-19(11-8-16)28-15-21(24(29)26-22-12-9-17(2)14-25-22)23(27-28)18-5-4-6-20(13-18)30-3/h4-15H,1-3H3,(H,25,26,29). The van der Waals surface area contributed by atoms with Crippen molar-refractivity contribution in [1.82, 2.24) is 14.8 Å². The molecule has 6 nitrogen and oxygen atoms in total. The number of nitrogens with zero attached hydrogens (tertiary/aromatic N) is 3. The second kappa shape index (κ2) is 8.21. The third-order valence-electron chi connectivity index (χ3n) is 4.75. The Hall–Kier alpha value is -3.93. The molecular weight excluding hydrogens is 376 g/mol. The van der Waals surface area contributed by atoms with E-state index in [1.54, 1.807) is 30.3 Å². The summed E-state index contributed by atoms with van der Waals surface area (Å²) in [6.45, 7) is 3.98. The predicted octanol–water partition coefficient (Wildman–Crippen LogP) is 4.81. The number of hydrogen-bond acceptors (Lipinski definition) is 4. The lowest BCUT2D eigenvalue weighted by molar-refractivity contribution is 0.102. The molecule has 4 aromatic rings. The van der Waals surface area contributed by atoms with Gasteiger partial charge in [-0.3, -0.25) is 4.79 Å². The Bertz CT molecular complexity index is 1180. The molecule has 0 radical (unpaired) electrons. The van der Waals surface area contributed by atoms with Crippen LogP contribution in [0.4, 0.5) is 5.82 Å². The number of ether oxygens (including phenoxy) is 1. The minimum Gasteiger partial charge on any atom is -0.497 e. The summed E-state index contributed by atoms with van der Waals surface area (Å²) < 4.78 is 7.06. The Morgan fingerprint density at radius 1 is 1.00 bits per heavy atom. The zero-order valence-corrected chi connectivity index (χ0v) is 17.1. The molecule has 30 heavy (non-hydrogen) atoms. The zero-order valence-electron chi connectivity index (χ0n) is 17.1. The summed E-state index contributed by atoms with van der Waals surface area (Å²) in [5.74, 6) is 0.914. The number of benzene rings is 2. The van der Waals surface area contributed by atoms with Crippen molar-refractivity contribution in [3.63, 3.8) is 0 Å². The van der Waals surface area contributed by atoms with Crippen LogP contribution in [0.25, 0.3) is 16.9 Å². The van der Waals surface area contributed by atoms with Crippen molar-refractivity contribution >= 4 is 11.7 Å². The molecule has 0 aliphatic heterocycles. The van der Waals surface area contributed by atoms with E-state index in [1.165, 1.54) is 0 Å². The number of hydrogen-bond donors (Lipinski definition) is 1. The summed E-state index contributed by atoms with van der Waals surface area (Å²) >= 11 is 0. The van der Waals surface area contributed by atoms with Gasteiger partial charge in [-0.25, -0.2) is 9.67 Å². The normalized spacial score (nSPS) is 10.6. The number of pyridine rings is 1. The van der Waals surface area contributed by atoms with Crippen LogP contribution >= 0.6 is 0 Å². The molecule has 150 valence electrons. The number of aromatic nitrogens is 3. The fourth-order valence-electron chi connectivity index (χ4n) is 3.08. The Balaban J connectivity index is 1.77. The summed E-state index contributed by atoms with van der Waals surface area (Å²) in [6, 6.07) is 19.2. The fourth-order valence-corrected chi connectivity index (χ4v) is 3.08. The zero-order chi connectivity index (χ0) is 21.1. The number of carbonyl (C=O) groups is 1. The number of carbonyl (C=O) groups excluding carboxylic acids is 1. The third-order valence-corrected chi connectivity index (χ3v) is 4.75. The number of methoxy groups -OCH3 is 1. The summed E-state index contributed by atoms with van der Waals surface area (Å²) in [7, 11) is 1.61. The van der Waals surface area contributed by atoms with Crippen molar-refractivity contribution in [2.75, 3.05) is 12.4 Å². The van der Waals surface area contributed by atoms with Gasteiger partial charge >= 0.3 is 0 Å². The third kappa shape index (κ3) is 4.07. The van der Waals surface area contributed by atoms with Crippen molar-refractivity contribution in [3.05, 3.63) is 89.7 Å². The van der Waals surface area contributed by atoms with Crippen molar-refractivity contribution in [3.8, 4) is 22.7 Å². The molecule has 2 aromatic carbocycles. The number of rotatable bonds is 5. The summed E-state index contributed by atoms with van der Waals surface area (Å²) in [6.07, 6.45) is 3.46. The van der Waals surface area contributed by atoms with Crippen molar-refractivity contribution in [2.24, 2.45) is 0 Å². The van der Waals surface area contributed by atoms with Crippen LogP contribution < -0.4 is 10.1 Å². The average Bonchev–Trinajstić information content (AvgIpc) is 3.21. The van der Waals surface area contributed by atoms with Crippen LogP contribution in [-0.4, -0.2) is 27.8 Å². The Kier molecular flexibility index (Phi) is 5.30. The Morgan fingerprint density at radius 3 is 2.47 bits per heavy atom. The van der Waals surface area contributed by atoms with Crippen LogP contribution in [0.3, 0.4) is 0 Å². The van der Waals surface area contributed by atoms with Gasteiger partial charge in [0.15, 0.2) is 0 Å². The van der Waals surface area contributed by atoms with E-state index in [2.05, 4.69) is 10.3 Å². The molecule has 0 aliphatic carbocycles. The maximum absolute atomic E-state index is 13.1. The van der Waals surface area contributed by atoms with Gasteiger partial charge in [-0.05, 0) is 49.7 Å². The van der Waals surface area contributed by atoms with Gasteiger partial charge < -0.3 is 10.1 Å². The second-order valence-corrected chi connectivity index (χ2v) is 7.08. The molecule has 6 heteroatoms. The molecule has 2 heterocycles. The molecule has 1 N–H and O–H groups in total. The van der Waals surface area contributed by atoms with E-state index in [0.29, 0.717) is 22.8 Å². The molecule has 0 unspecified atom stereocenters. The van der Waals surface area contributed by atoms with Crippen molar-refractivity contribution in [2.45, 2.75) is 13.8 Å². The quantitative estimate of drug-likeness (QED) is 0.524. The van der Waals surface area contributed by atoms with Gasteiger partial charge in [-0.2, -0.15) is 5.10 Å². The van der Waals surface area contributed by atoms with E-state index >= 15 is 0 Å². The van der Waals surface area contributed by atoms with E-state index < -0.39 is 0 Å². The van der Waals surface area contributed by atoms with E-state index in [-0.39, 0.29) is 5.91 Å². The van der Waals surface area contributed by atoms with Crippen LogP contribution in [0, 0.1) is 13.8 Å². The molecule has 0 atom stereocenters. The smallest absolute Gasteiger partial charge is 0.260 e. The highest BCUT2D eigenvalue weighted by atomic mass is 16.5. The highest BCUT2D eigenvalue weighted by Crippen LogP contribution is 2.27. The molecule has 0 bridgehead atoms. The maximum atomic E-state index is 13.1. The highest BCUT2D eigenvalue weighted by molar-refractivity contribution is 6.07. The number of anilines is 1. The maximum Gasteiger partial charge on any atom is 0.260 e. The van der Waals surface area contributed by atoms with Crippen molar-refractivity contribution in [1.29, 1.82) is 0 Å². The van der Waals surface area contributed by atoms with Gasteiger partial charge in [-0.1, -0.05) is 35.9 Å². The minimum absolute atomic E-state index is 0.275. The first-order chi connectivity index (χ1) is 14.5. The lowest BCUT2D eigenvalue weighted by Gasteiger charge is -2.06. The van der Waals surface area contributed by atoms with E-state index in [9.17, 15) is 4.79 Å². The van der Waals surface area contributed by atoms with Gasteiger partial charge in [0.25, 0.3) is 5.91 Å². The molecule has 0 saturated heterocycles. The minimum atomic E-state index is -0.275. The number of amides is 1. The monoisotopic (exact) mass is 398 g/mol. The lowest BCUT2D eigenvalue weighted by Crippen LogP contribution is -2.13. The molecule has 0 spiro atoms.